The van der Waals surface area contributed by atoms with Crippen molar-refractivity contribution >= 4 is 16.8 Å². The van der Waals surface area contributed by atoms with Crippen molar-refractivity contribution in [1.29, 1.82) is 0 Å². The standard InChI is InChI=1S/C14H17ClO2/c1-2-3-5-10-13(14(15)16)17-11-12-8-6-4-7-9-12/h2,4,6-9,13H,1,3,5,10-11H2. The second-order valence-corrected chi connectivity index (χ2v) is 4.18. The molecule has 0 amide bonds. The Hall–Kier alpha value is -1.12. The third-order valence-corrected chi connectivity index (χ3v) is 2.67. The van der Waals surface area contributed by atoms with Gasteiger partial charge in [-0.25, -0.2) is 0 Å². The molecule has 0 aliphatic carbocycles. The Balaban J connectivity index is 2.39. The normalized spacial score (nSPS) is 12.1. The van der Waals surface area contributed by atoms with Gasteiger partial charge in [-0.05, 0) is 36.4 Å². The maximum absolute atomic E-state index is 11.2. The number of ether oxygens (including phenoxy) is 1. The average Bonchev–Trinajstić information content (AvgIpc) is 2.34. The van der Waals surface area contributed by atoms with Gasteiger partial charge in [-0.3, -0.25) is 4.79 Å². The second kappa shape index (κ2) is 8.04. The number of benzene rings is 1. The van der Waals surface area contributed by atoms with Crippen molar-refractivity contribution in [2.75, 3.05) is 0 Å². The minimum absolute atomic E-state index is 0.415. The molecule has 0 fully saturated rings. The van der Waals surface area contributed by atoms with Crippen LogP contribution in [0, 0.1) is 0 Å². The molecule has 0 saturated carbocycles. The first-order valence-electron chi connectivity index (χ1n) is 5.70. The molecule has 0 N–H and O–H groups in total. The maximum atomic E-state index is 11.2. The summed E-state index contributed by atoms with van der Waals surface area (Å²) in [5.41, 5.74) is 1.04. The molecule has 0 radical (unpaired) electrons. The van der Waals surface area contributed by atoms with Gasteiger partial charge in [0.25, 0.3) is 5.24 Å². The summed E-state index contributed by atoms with van der Waals surface area (Å²) in [4.78, 5) is 11.2. The minimum Gasteiger partial charge on any atom is -0.364 e. The fourth-order valence-electron chi connectivity index (χ4n) is 1.48. The SMILES string of the molecule is C=CCCCC(OCc1ccccc1)C(=O)Cl. The van der Waals surface area contributed by atoms with E-state index < -0.39 is 11.3 Å². The van der Waals surface area contributed by atoms with Crippen molar-refractivity contribution < 1.29 is 9.53 Å². The Morgan fingerprint density at radius 2 is 2.12 bits per heavy atom. The molecule has 0 heterocycles. The molecule has 0 saturated heterocycles. The lowest BCUT2D eigenvalue weighted by molar-refractivity contribution is -0.123. The Labute approximate surface area is 107 Å². The first kappa shape index (κ1) is 13.9. The van der Waals surface area contributed by atoms with Crippen LogP contribution in [0.5, 0.6) is 0 Å². The van der Waals surface area contributed by atoms with Crippen LogP contribution in [0.1, 0.15) is 24.8 Å². The first-order valence-corrected chi connectivity index (χ1v) is 6.07. The van der Waals surface area contributed by atoms with Crippen LogP contribution in [0.25, 0.3) is 0 Å². The van der Waals surface area contributed by atoms with E-state index in [0.29, 0.717) is 13.0 Å². The molecule has 0 spiro atoms. The van der Waals surface area contributed by atoms with E-state index in [2.05, 4.69) is 6.58 Å². The smallest absolute Gasteiger partial charge is 0.250 e. The minimum atomic E-state index is -0.517. The predicted octanol–water partition coefficient (Wildman–Crippen LogP) is 3.69. The van der Waals surface area contributed by atoms with E-state index in [4.69, 9.17) is 16.3 Å². The van der Waals surface area contributed by atoms with E-state index in [0.717, 1.165) is 18.4 Å². The van der Waals surface area contributed by atoms with E-state index in [1.807, 2.05) is 36.4 Å². The van der Waals surface area contributed by atoms with Crippen LogP contribution < -0.4 is 0 Å². The van der Waals surface area contributed by atoms with Crippen LogP contribution in [0.2, 0.25) is 0 Å². The van der Waals surface area contributed by atoms with Crippen LogP contribution in [-0.2, 0) is 16.1 Å². The topological polar surface area (TPSA) is 26.3 Å². The van der Waals surface area contributed by atoms with Gasteiger partial charge in [0.05, 0.1) is 6.61 Å². The predicted molar refractivity (Wildman–Crippen MR) is 69.9 cm³/mol. The van der Waals surface area contributed by atoms with Gasteiger partial charge in [-0.15, -0.1) is 6.58 Å². The fraction of sp³-hybridized carbons (Fsp3) is 0.357. The van der Waals surface area contributed by atoms with Gasteiger partial charge in [0, 0.05) is 0 Å². The summed E-state index contributed by atoms with van der Waals surface area (Å²) in [7, 11) is 0. The number of rotatable bonds is 8. The monoisotopic (exact) mass is 252 g/mol. The van der Waals surface area contributed by atoms with Gasteiger partial charge in [-0.2, -0.15) is 0 Å². The molecule has 1 atom stereocenters. The number of allylic oxidation sites excluding steroid dienone is 1. The summed E-state index contributed by atoms with van der Waals surface area (Å²) in [6.07, 6.45) is 3.68. The van der Waals surface area contributed by atoms with Crippen molar-refractivity contribution in [3.8, 4) is 0 Å². The van der Waals surface area contributed by atoms with Crippen LogP contribution in [-0.4, -0.2) is 11.3 Å². The number of carbonyl (C=O) groups excluding carboxylic acids is 1. The molecule has 17 heavy (non-hydrogen) atoms. The highest BCUT2D eigenvalue weighted by Gasteiger charge is 2.16. The van der Waals surface area contributed by atoms with Gasteiger partial charge >= 0.3 is 0 Å². The van der Waals surface area contributed by atoms with Gasteiger partial charge in [0.15, 0.2) is 0 Å². The van der Waals surface area contributed by atoms with Crippen molar-refractivity contribution in [2.24, 2.45) is 0 Å². The molecule has 2 nitrogen and oxygen atoms in total. The summed E-state index contributed by atoms with van der Waals surface area (Å²) >= 11 is 5.50. The fourth-order valence-corrected chi connectivity index (χ4v) is 1.65. The number of halogens is 1. The first-order chi connectivity index (χ1) is 8.24. The second-order valence-electron chi connectivity index (χ2n) is 3.81. The van der Waals surface area contributed by atoms with Crippen molar-refractivity contribution in [1.82, 2.24) is 0 Å². The highest BCUT2D eigenvalue weighted by molar-refractivity contribution is 6.64. The van der Waals surface area contributed by atoms with E-state index >= 15 is 0 Å². The zero-order valence-corrected chi connectivity index (χ0v) is 10.5. The summed E-state index contributed by atoms with van der Waals surface area (Å²) < 4.78 is 5.52. The number of hydrogen-bond donors (Lipinski definition) is 0. The van der Waals surface area contributed by atoms with Crippen molar-refractivity contribution in [2.45, 2.75) is 32.0 Å². The Morgan fingerprint density at radius 3 is 2.71 bits per heavy atom. The van der Waals surface area contributed by atoms with Crippen LogP contribution >= 0.6 is 11.6 Å². The molecule has 1 aromatic rings. The Morgan fingerprint density at radius 1 is 1.41 bits per heavy atom. The Bertz CT molecular complexity index is 348. The summed E-state index contributed by atoms with van der Waals surface area (Å²) in [5, 5.41) is -0.426. The van der Waals surface area contributed by atoms with E-state index in [1.165, 1.54) is 0 Å². The van der Waals surface area contributed by atoms with Gasteiger partial charge in [0.1, 0.15) is 6.10 Å². The Kier molecular flexibility index (Phi) is 6.60. The lowest BCUT2D eigenvalue weighted by Crippen LogP contribution is -2.19. The summed E-state index contributed by atoms with van der Waals surface area (Å²) in [5.74, 6) is 0. The zero-order valence-electron chi connectivity index (χ0n) is 9.77. The molecule has 1 rings (SSSR count). The lowest BCUT2D eigenvalue weighted by atomic mass is 10.1. The highest BCUT2D eigenvalue weighted by atomic mass is 35.5. The lowest BCUT2D eigenvalue weighted by Gasteiger charge is -2.13. The molecule has 0 aliphatic heterocycles. The average molecular weight is 253 g/mol. The number of carbonyl (C=O) groups is 1. The van der Waals surface area contributed by atoms with Crippen LogP contribution in [0.3, 0.4) is 0 Å². The molecule has 3 heteroatoms. The molecule has 0 bridgehead atoms. The zero-order chi connectivity index (χ0) is 12.5. The third-order valence-electron chi connectivity index (χ3n) is 2.42. The quantitative estimate of drug-likeness (QED) is 0.401. The van der Waals surface area contributed by atoms with Crippen molar-refractivity contribution in [3.63, 3.8) is 0 Å². The largest absolute Gasteiger partial charge is 0.364 e. The summed E-state index contributed by atoms with van der Waals surface area (Å²) in [6, 6.07) is 9.73. The third kappa shape index (κ3) is 5.66. The molecule has 92 valence electrons. The van der Waals surface area contributed by atoms with Gasteiger partial charge < -0.3 is 4.74 Å². The molecule has 1 aromatic carbocycles. The van der Waals surface area contributed by atoms with Gasteiger partial charge in [-0.1, -0.05) is 36.4 Å². The molecular weight excluding hydrogens is 236 g/mol. The van der Waals surface area contributed by atoms with Crippen molar-refractivity contribution in [3.05, 3.63) is 48.6 Å². The van der Waals surface area contributed by atoms with E-state index in [9.17, 15) is 4.79 Å². The van der Waals surface area contributed by atoms with E-state index in [-0.39, 0.29) is 0 Å². The molecule has 0 aliphatic rings. The molecule has 1 unspecified atom stereocenters. The highest BCUT2D eigenvalue weighted by Crippen LogP contribution is 2.12. The molecule has 0 aromatic heterocycles. The van der Waals surface area contributed by atoms with E-state index in [1.54, 1.807) is 0 Å². The van der Waals surface area contributed by atoms with Crippen LogP contribution in [0.4, 0.5) is 0 Å². The number of hydrogen-bond acceptors (Lipinski definition) is 2. The van der Waals surface area contributed by atoms with Gasteiger partial charge in [0.2, 0.25) is 0 Å². The number of unbranched alkanes of at least 4 members (excludes halogenated alkanes) is 1. The summed E-state index contributed by atoms with van der Waals surface area (Å²) in [6.45, 7) is 4.05. The molecular formula is C14H17ClO2. The maximum Gasteiger partial charge on any atom is 0.250 e. The van der Waals surface area contributed by atoms with Crippen LogP contribution in [0.15, 0.2) is 43.0 Å².